The smallest absolute Gasteiger partial charge is 0.173 e. The molecule has 8 nitrogen and oxygen atoms in total. The molecule has 0 N–H and O–H groups in total. The van der Waals surface area contributed by atoms with Crippen LogP contribution < -0.4 is 9.64 Å². The third-order valence-electron chi connectivity index (χ3n) is 5.60. The summed E-state index contributed by atoms with van der Waals surface area (Å²) in [4.78, 5) is 4.79. The minimum absolute atomic E-state index is 0.0562. The van der Waals surface area contributed by atoms with Crippen molar-refractivity contribution in [3.63, 3.8) is 0 Å². The van der Waals surface area contributed by atoms with Gasteiger partial charge in [0.2, 0.25) is 0 Å². The molecule has 1 aromatic heterocycles. The van der Waals surface area contributed by atoms with E-state index in [1.54, 1.807) is 14.2 Å². The van der Waals surface area contributed by atoms with E-state index < -0.39 is 0 Å². The predicted molar refractivity (Wildman–Crippen MR) is 120 cm³/mol. The van der Waals surface area contributed by atoms with Gasteiger partial charge in [0.25, 0.3) is 0 Å². The van der Waals surface area contributed by atoms with Crippen molar-refractivity contribution in [3.05, 3.63) is 64.9 Å². The van der Waals surface area contributed by atoms with Crippen molar-refractivity contribution in [1.82, 2.24) is 25.1 Å². The first-order valence-corrected chi connectivity index (χ1v) is 10.7. The Morgan fingerprint density at radius 2 is 1.81 bits per heavy atom. The molecule has 9 heteroatoms. The van der Waals surface area contributed by atoms with Crippen LogP contribution in [0.3, 0.4) is 0 Å². The van der Waals surface area contributed by atoms with Crippen LogP contribution in [0, 0.1) is 0 Å². The van der Waals surface area contributed by atoms with Crippen molar-refractivity contribution < 1.29 is 9.47 Å². The zero-order valence-electron chi connectivity index (χ0n) is 17.8. The molecule has 0 amide bonds. The van der Waals surface area contributed by atoms with E-state index in [0.29, 0.717) is 13.2 Å². The van der Waals surface area contributed by atoms with Gasteiger partial charge in [0.1, 0.15) is 5.75 Å². The fraction of sp³-hybridized carbons (Fsp3) is 0.409. The second kappa shape index (κ2) is 10.1. The summed E-state index contributed by atoms with van der Waals surface area (Å²) in [5, 5.41) is 13.3. The molecule has 2 heterocycles. The van der Waals surface area contributed by atoms with Crippen LogP contribution in [-0.4, -0.2) is 72.1 Å². The number of aromatic nitrogens is 4. The second-order valence-electron chi connectivity index (χ2n) is 7.43. The maximum Gasteiger partial charge on any atom is 0.173 e. The monoisotopic (exact) mass is 442 g/mol. The van der Waals surface area contributed by atoms with E-state index in [9.17, 15) is 0 Å². The first kappa shape index (κ1) is 21.5. The summed E-state index contributed by atoms with van der Waals surface area (Å²) in [6.07, 6.45) is 0. The molecular formula is C22H27ClN6O2. The molecule has 0 bridgehead atoms. The Kier molecular flexibility index (Phi) is 7.01. The lowest BCUT2D eigenvalue weighted by atomic mass is 10.0. The molecule has 0 radical (unpaired) electrons. The van der Waals surface area contributed by atoms with Crippen molar-refractivity contribution >= 4 is 17.3 Å². The Bertz CT molecular complexity index is 972. The fourth-order valence-corrected chi connectivity index (χ4v) is 4.15. The molecular weight excluding hydrogens is 416 g/mol. The minimum atomic E-state index is -0.0562. The molecule has 1 atom stereocenters. The van der Waals surface area contributed by atoms with E-state index >= 15 is 0 Å². The third kappa shape index (κ3) is 4.98. The molecule has 0 spiro atoms. The SMILES string of the molecule is COCCn1nnnc1[C@H](c1ccc(OC)cc1)N1CCN(c2cccc(Cl)c2)CC1. The van der Waals surface area contributed by atoms with Crippen LogP contribution >= 0.6 is 11.6 Å². The van der Waals surface area contributed by atoms with E-state index in [-0.39, 0.29) is 6.04 Å². The van der Waals surface area contributed by atoms with Gasteiger partial charge in [-0.1, -0.05) is 29.8 Å². The standard InChI is InChI=1S/C22H27ClN6O2/c1-30-15-14-29-22(24-25-26-29)21(17-6-8-20(31-2)9-7-17)28-12-10-27(11-13-28)19-5-3-4-18(23)16-19/h3-9,16,21H,10-15H2,1-2H3/t21-/m0/s1. The zero-order chi connectivity index (χ0) is 21.6. The molecule has 2 aromatic carbocycles. The third-order valence-corrected chi connectivity index (χ3v) is 5.83. The van der Waals surface area contributed by atoms with E-state index in [1.165, 1.54) is 0 Å². The topological polar surface area (TPSA) is 68.5 Å². The number of piperazine rings is 1. The molecule has 0 aliphatic carbocycles. The van der Waals surface area contributed by atoms with Crippen LogP contribution in [0.15, 0.2) is 48.5 Å². The molecule has 4 rings (SSSR count). The quantitative estimate of drug-likeness (QED) is 0.531. The van der Waals surface area contributed by atoms with E-state index in [1.807, 2.05) is 35.0 Å². The number of methoxy groups -OCH3 is 2. The number of nitrogens with zero attached hydrogens (tertiary/aromatic N) is 6. The summed E-state index contributed by atoms with van der Waals surface area (Å²) >= 11 is 6.19. The van der Waals surface area contributed by atoms with Crippen molar-refractivity contribution in [2.45, 2.75) is 12.6 Å². The average molecular weight is 443 g/mol. The van der Waals surface area contributed by atoms with Crippen molar-refractivity contribution in [2.24, 2.45) is 0 Å². The fourth-order valence-electron chi connectivity index (χ4n) is 3.96. The molecule has 3 aromatic rings. The lowest BCUT2D eigenvalue weighted by Crippen LogP contribution is -2.48. The molecule has 1 saturated heterocycles. The zero-order valence-corrected chi connectivity index (χ0v) is 18.6. The lowest BCUT2D eigenvalue weighted by Gasteiger charge is -2.40. The number of rotatable bonds is 8. The van der Waals surface area contributed by atoms with Gasteiger partial charge in [-0.2, -0.15) is 0 Å². The largest absolute Gasteiger partial charge is 0.497 e. The van der Waals surface area contributed by atoms with Gasteiger partial charge in [-0.25, -0.2) is 4.68 Å². The predicted octanol–water partition coefficient (Wildman–Crippen LogP) is 2.89. The molecule has 0 unspecified atom stereocenters. The van der Waals surface area contributed by atoms with Gasteiger partial charge < -0.3 is 14.4 Å². The maximum atomic E-state index is 6.19. The molecule has 0 saturated carbocycles. The molecule has 164 valence electrons. The maximum absolute atomic E-state index is 6.19. The van der Waals surface area contributed by atoms with Crippen LogP contribution in [0.4, 0.5) is 5.69 Å². The van der Waals surface area contributed by atoms with Gasteiger partial charge in [0, 0.05) is 44.0 Å². The number of ether oxygens (including phenoxy) is 2. The van der Waals surface area contributed by atoms with Crippen LogP contribution in [0.5, 0.6) is 5.75 Å². The summed E-state index contributed by atoms with van der Waals surface area (Å²) in [5.41, 5.74) is 2.28. The van der Waals surface area contributed by atoms with Crippen molar-refractivity contribution in [2.75, 3.05) is 51.9 Å². The number of halogens is 1. The van der Waals surface area contributed by atoms with Gasteiger partial charge in [-0.05, 0) is 46.3 Å². The van der Waals surface area contributed by atoms with Gasteiger partial charge in [-0.3, -0.25) is 4.90 Å². The van der Waals surface area contributed by atoms with Crippen molar-refractivity contribution in [1.29, 1.82) is 0 Å². The highest BCUT2D eigenvalue weighted by atomic mass is 35.5. The van der Waals surface area contributed by atoms with Gasteiger partial charge in [0.15, 0.2) is 5.82 Å². The highest BCUT2D eigenvalue weighted by Crippen LogP contribution is 2.30. The number of anilines is 1. The summed E-state index contributed by atoms with van der Waals surface area (Å²) in [7, 11) is 3.35. The van der Waals surface area contributed by atoms with Crippen molar-refractivity contribution in [3.8, 4) is 5.75 Å². The number of tetrazole rings is 1. The highest BCUT2D eigenvalue weighted by Gasteiger charge is 2.30. The molecule has 31 heavy (non-hydrogen) atoms. The van der Waals surface area contributed by atoms with Crippen LogP contribution in [0.25, 0.3) is 0 Å². The first-order valence-electron chi connectivity index (χ1n) is 10.3. The number of benzene rings is 2. The summed E-state index contributed by atoms with van der Waals surface area (Å²) in [5.74, 6) is 1.64. The summed E-state index contributed by atoms with van der Waals surface area (Å²) in [6.45, 7) is 4.70. The number of hydrogen-bond donors (Lipinski definition) is 0. The second-order valence-corrected chi connectivity index (χ2v) is 7.87. The van der Waals surface area contributed by atoms with E-state index in [4.69, 9.17) is 21.1 Å². The summed E-state index contributed by atoms with van der Waals surface area (Å²) < 4.78 is 12.4. The normalized spacial score (nSPS) is 15.8. The van der Waals surface area contributed by atoms with Gasteiger partial charge in [0.05, 0.1) is 26.3 Å². The first-order chi connectivity index (χ1) is 15.2. The van der Waals surface area contributed by atoms with E-state index in [2.05, 4.69) is 43.5 Å². The average Bonchev–Trinajstić information content (AvgIpc) is 3.27. The van der Waals surface area contributed by atoms with Gasteiger partial charge >= 0.3 is 0 Å². The molecule has 1 aliphatic heterocycles. The van der Waals surface area contributed by atoms with Crippen LogP contribution in [-0.2, 0) is 11.3 Å². The molecule has 1 fully saturated rings. The minimum Gasteiger partial charge on any atom is -0.497 e. The van der Waals surface area contributed by atoms with Crippen LogP contribution in [0.1, 0.15) is 17.4 Å². The summed E-state index contributed by atoms with van der Waals surface area (Å²) in [6, 6.07) is 16.1. The Morgan fingerprint density at radius 3 is 2.48 bits per heavy atom. The Balaban J connectivity index is 1.58. The Labute approximate surface area is 187 Å². The lowest BCUT2D eigenvalue weighted by molar-refractivity contribution is 0.171. The Morgan fingerprint density at radius 1 is 1.03 bits per heavy atom. The molecule has 1 aliphatic rings. The van der Waals surface area contributed by atoms with Crippen LogP contribution in [0.2, 0.25) is 5.02 Å². The van der Waals surface area contributed by atoms with E-state index in [0.717, 1.165) is 54.0 Å². The Hall–Kier alpha value is -2.68. The van der Waals surface area contributed by atoms with Gasteiger partial charge in [-0.15, -0.1) is 5.10 Å². The number of hydrogen-bond acceptors (Lipinski definition) is 7. The highest BCUT2D eigenvalue weighted by molar-refractivity contribution is 6.30.